The Bertz CT molecular complexity index is 924. The summed E-state index contributed by atoms with van der Waals surface area (Å²) in [5, 5.41) is 0. The van der Waals surface area contributed by atoms with Gasteiger partial charge in [-0.3, -0.25) is 9.59 Å². The highest BCUT2D eigenvalue weighted by molar-refractivity contribution is 8.07. The zero-order valence-corrected chi connectivity index (χ0v) is 24.9. The van der Waals surface area contributed by atoms with Gasteiger partial charge in [-0.25, -0.2) is 4.39 Å². The fourth-order valence-corrected chi connectivity index (χ4v) is 4.31. The Morgan fingerprint density at radius 2 is 1.49 bits per heavy atom. The van der Waals surface area contributed by atoms with E-state index in [1.807, 2.05) is 73.6 Å². The van der Waals surface area contributed by atoms with Gasteiger partial charge in [-0.2, -0.15) is 0 Å². The molecular formula is C33H51FO2S. The van der Waals surface area contributed by atoms with Gasteiger partial charge in [0.25, 0.3) is 0 Å². The van der Waals surface area contributed by atoms with Crippen molar-refractivity contribution in [3.63, 3.8) is 0 Å². The predicted octanol–water partition coefficient (Wildman–Crippen LogP) is 10.9. The zero-order chi connectivity index (χ0) is 28.8. The quantitative estimate of drug-likeness (QED) is 0.160. The van der Waals surface area contributed by atoms with Crippen molar-refractivity contribution in [1.29, 1.82) is 0 Å². The summed E-state index contributed by atoms with van der Waals surface area (Å²) < 4.78 is 13.4. The summed E-state index contributed by atoms with van der Waals surface area (Å²) in [6.07, 6.45) is 14.5. The first kappa shape index (κ1) is 41.4. The van der Waals surface area contributed by atoms with Gasteiger partial charge in [0.05, 0.1) is 5.92 Å². The van der Waals surface area contributed by atoms with Crippen molar-refractivity contribution >= 4 is 23.3 Å². The summed E-state index contributed by atoms with van der Waals surface area (Å²) in [6, 6.07) is 0. The molecule has 0 N–H and O–H groups in total. The number of carbonyl (C=O) groups is 2. The number of ketones is 2. The van der Waals surface area contributed by atoms with Crippen LogP contribution in [0.5, 0.6) is 0 Å². The molecule has 0 fully saturated rings. The van der Waals surface area contributed by atoms with Crippen LogP contribution in [0.25, 0.3) is 0 Å². The van der Waals surface area contributed by atoms with Gasteiger partial charge in [0.1, 0.15) is 11.6 Å². The maximum atomic E-state index is 13.4. The molecule has 0 aromatic carbocycles. The van der Waals surface area contributed by atoms with Crippen LogP contribution in [0.15, 0.2) is 107 Å². The molecular weight excluding hydrogens is 479 g/mol. The van der Waals surface area contributed by atoms with Crippen LogP contribution in [0.1, 0.15) is 76.7 Å². The highest BCUT2D eigenvalue weighted by Gasteiger charge is 2.39. The van der Waals surface area contributed by atoms with E-state index in [4.69, 9.17) is 0 Å². The second-order valence-corrected chi connectivity index (χ2v) is 8.02. The Balaban J connectivity index is -0.000000721. The van der Waals surface area contributed by atoms with E-state index in [9.17, 15) is 14.0 Å². The first-order valence-electron chi connectivity index (χ1n) is 12.6. The molecule has 1 rings (SSSR count). The van der Waals surface area contributed by atoms with Crippen LogP contribution in [0.4, 0.5) is 4.39 Å². The van der Waals surface area contributed by atoms with Crippen molar-refractivity contribution < 1.29 is 14.0 Å². The van der Waals surface area contributed by atoms with E-state index in [1.54, 1.807) is 36.9 Å². The maximum absolute atomic E-state index is 13.4. The molecule has 4 heteroatoms. The lowest BCUT2D eigenvalue weighted by molar-refractivity contribution is -0.130. The van der Waals surface area contributed by atoms with Gasteiger partial charge < -0.3 is 0 Å². The SMILES string of the molecule is C.C=C/C=C\C1=C(C)SC(C=C)=C(/C=C\C)C1C(C(C)=O)C(=O)/C(C)=C/C=C(/F)C=C.CC.CC.CC. The lowest BCUT2D eigenvalue weighted by Crippen LogP contribution is -2.34. The molecule has 2 nitrogen and oxygen atoms in total. The fraction of sp³-hybridized carbons (Fsp3) is 0.394. The second kappa shape index (κ2) is 25.0. The van der Waals surface area contributed by atoms with Crippen molar-refractivity contribution in [2.24, 2.45) is 11.8 Å². The number of thioether (sulfide) groups is 1. The summed E-state index contributed by atoms with van der Waals surface area (Å²) >= 11 is 1.56. The largest absolute Gasteiger partial charge is 0.299 e. The minimum absolute atomic E-state index is 0. The monoisotopic (exact) mass is 530 g/mol. The summed E-state index contributed by atoms with van der Waals surface area (Å²) in [5.41, 5.74) is 2.05. The van der Waals surface area contributed by atoms with Crippen molar-refractivity contribution in [1.82, 2.24) is 0 Å². The standard InChI is InChI=1S/C26H29FO2S.3C2H6.CH4/c1-8-12-14-21-19(7)30-23(11-4)22(13-9-2)25(21)24(18(6)28)26(29)17(5)15-16-20(27)10-3;3*1-2;/h8-16,24-25H,1,3-4H2,2,5-7H3;3*1-2H3;1H4/b13-9-,14-12-,17-15+,20-16+;;;;. The van der Waals surface area contributed by atoms with Crippen LogP contribution in [0.3, 0.4) is 0 Å². The molecule has 1 aliphatic heterocycles. The van der Waals surface area contributed by atoms with Gasteiger partial charge in [0.2, 0.25) is 0 Å². The smallest absolute Gasteiger partial charge is 0.169 e. The Hall–Kier alpha value is -2.72. The van der Waals surface area contributed by atoms with Gasteiger partial charge in [0.15, 0.2) is 5.78 Å². The highest BCUT2D eigenvalue weighted by atomic mass is 32.2. The summed E-state index contributed by atoms with van der Waals surface area (Å²) in [7, 11) is 0. The number of hydrogen-bond acceptors (Lipinski definition) is 3. The van der Waals surface area contributed by atoms with E-state index in [0.717, 1.165) is 27.0 Å². The third kappa shape index (κ3) is 13.4. The Morgan fingerprint density at radius 3 is 1.89 bits per heavy atom. The number of halogens is 1. The van der Waals surface area contributed by atoms with Crippen molar-refractivity contribution in [3.8, 4) is 0 Å². The zero-order valence-electron chi connectivity index (χ0n) is 24.1. The normalized spacial score (nSPS) is 16.2. The van der Waals surface area contributed by atoms with Crippen LogP contribution in [0, 0.1) is 11.8 Å². The molecule has 2 unspecified atom stereocenters. The molecule has 208 valence electrons. The Kier molecular flexibility index (Phi) is 27.9. The van der Waals surface area contributed by atoms with E-state index in [2.05, 4.69) is 19.7 Å². The van der Waals surface area contributed by atoms with Crippen molar-refractivity contribution in [3.05, 3.63) is 107 Å². The van der Waals surface area contributed by atoms with E-state index in [0.29, 0.717) is 5.57 Å². The Morgan fingerprint density at radius 1 is 0.946 bits per heavy atom. The number of hydrogen-bond donors (Lipinski definition) is 0. The van der Waals surface area contributed by atoms with E-state index >= 15 is 0 Å². The maximum Gasteiger partial charge on any atom is 0.169 e. The molecule has 0 saturated heterocycles. The first-order chi connectivity index (χ1) is 17.2. The number of carbonyl (C=O) groups excluding carboxylic acids is 2. The molecule has 0 saturated carbocycles. The molecule has 0 aromatic rings. The molecule has 0 radical (unpaired) electrons. The van der Waals surface area contributed by atoms with E-state index in [1.165, 1.54) is 19.1 Å². The van der Waals surface area contributed by atoms with Crippen molar-refractivity contribution in [2.75, 3.05) is 0 Å². The van der Waals surface area contributed by atoms with Crippen LogP contribution in [-0.4, -0.2) is 11.6 Å². The fourth-order valence-electron chi connectivity index (χ4n) is 3.27. The minimum atomic E-state index is -0.942. The summed E-state index contributed by atoms with van der Waals surface area (Å²) in [5.74, 6) is -2.56. The third-order valence-corrected chi connectivity index (χ3v) is 5.86. The summed E-state index contributed by atoms with van der Waals surface area (Å²) in [6.45, 7) is 29.8. The molecule has 1 aliphatic rings. The predicted molar refractivity (Wildman–Crippen MR) is 168 cm³/mol. The molecule has 0 aliphatic carbocycles. The van der Waals surface area contributed by atoms with Crippen LogP contribution < -0.4 is 0 Å². The third-order valence-electron chi connectivity index (χ3n) is 4.70. The van der Waals surface area contributed by atoms with Crippen LogP contribution in [-0.2, 0) is 9.59 Å². The first-order valence-corrected chi connectivity index (χ1v) is 13.4. The second-order valence-electron chi connectivity index (χ2n) is 6.77. The van der Waals surface area contributed by atoms with Gasteiger partial charge in [-0.15, -0.1) is 0 Å². The molecule has 0 spiro atoms. The topological polar surface area (TPSA) is 34.1 Å². The van der Waals surface area contributed by atoms with Gasteiger partial charge >= 0.3 is 0 Å². The number of rotatable bonds is 10. The molecule has 0 amide bonds. The molecule has 0 aromatic heterocycles. The number of allylic oxidation sites excluding steroid dienone is 14. The van der Waals surface area contributed by atoms with Gasteiger partial charge in [-0.1, -0.05) is 123 Å². The van der Waals surface area contributed by atoms with Crippen molar-refractivity contribution in [2.45, 2.75) is 76.7 Å². The molecule has 0 bridgehead atoms. The van der Waals surface area contributed by atoms with E-state index in [-0.39, 0.29) is 19.0 Å². The minimum Gasteiger partial charge on any atom is -0.299 e. The lowest BCUT2D eigenvalue weighted by Gasteiger charge is -2.33. The molecule has 1 heterocycles. The average molecular weight is 531 g/mol. The molecule has 37 heavy (non-hydrogen) atoms. The highest BCUT2D eigenvalue weighted by Crippen LogP contribution is 2.47. The van der Waals surface area contributed by atoms with Gasteiger partial charge in [-0.05, 0) is 61.5 Å². The lowest BCUT2D eigenvalue weighted by atomic mass is 9.73. The summed E-state index contributed by atoms with van der Waals surface area (Å²) in [4.78, 5) is 28.0. The van der Waals surface area contributed by atoms with Crippen LogP contribution >= 0.6 is 11.8 Å². The Labute approximate surface area is 232 Å². The van der Waals surface area contributed by atoms with Gasteiger partial charge in [0, 0.05) is 10.8 Å². The number of Topliss-reactive ketones (excluding diaryl/α,β-unsaturated/α-hetero) is 2. The average Bonchev–Trinajstić information content (AvgIpc) is 2.91. The molecule has 2 atom stereocenters. The van der Waals surface area contributed by atoms with Crippen LogP contribution in [0.2, 0.25) is 0 Å². The van der Waals surface area contributed by atoms with E-state index < -0.39 is 17.7 Å².